The number of amidine groups is 1. The van der Waals surface area contributed by atoms with Crippen molar-refractivity contribution >= 4 is 11.7 Å². The summed E-state index contributed by atoms with van der Waals surface area (Å²) < 4.78 is 0. The number of nitrogens with two attached hydrogens (primary N) is 1. The molecular formula is C10H10N6. The predicted octanol–water partition coefficient (Wildman–Crippen LogP) is 0.604. The molecule has 2 aromatic heterocycles. The van der Waals surface area contributed by atoms with E-state index >= 15 is 0 Å². The molecule has 2 heterocycles. The summed E-state index contributed by atoms with van der Waals surface area (Å²) in [4.78, 5) is 11.9. The van der Waals surface area contributed by atoms with E-state index in [0.717, 1.165) is 0 Å². The van der Waals surface area contributed by atoms with Gasteiger partial charge in [0.05, 0.1) is 6.20 Å². The average Bonchev–Trinajstić information content (AvgIpc) is 2.38. The number of hydrogen-bond donors (Lipinski definition) is 2. The molecule has 6 heteroatoms. The van der Waals surface area contributed by atoms with E-state index in [9.17, 15) is 0 Å². The molecule has 0 spiro atoms. The molecule has 0 unspecified atom stereocenters. The van der Waals surface area contributed by atoms with E-state index in [4.69, 9.17) is 5.73 Å². The highest BCUT2D eigenvalue weighted by Crippen LogP contribution is 1.99. The van der Waals surface area contributed by atoms with Gasteiger partial charge in [0.25, 0.3) is 0 Å². The van der Waals surface area contributed by atoms with E-state index in [1.165, 1.54) is 0 Å². The Balaban J connectivity index is 2.09. The van der Waals surface area contributed by atoms with Gasteiger partial charge in [0.15, 0.2) is 5.84 Å². The molecule has 0 aliphatic carbocycles. The highest BCUT2D eigenvalue weighted by molar-refractivity contribution is 5.95. The third-order valence-corrected chi connectivity index (χ3v) is 1.78. The number of pyridine rings is 1. The SMILES string of the molecule is N/C(=N/Nc1ccccn1)c1cnccn1. The maximum Gasteiger partial charge on any atom is 0.171 e. The van der Waals surface area contributed by atoms with Crippen LogP contribution >= 0.6 is 0 Å². The number of hydrazone groups is 1. The second-order valence-corrected chi connectivity index (χ2v) is 2.91. The zero-order chi connectivity index (χ0) is 11.2. The lowest BCUT2D eigenvalue weighted by Gasteiger charge is -2.00. The van der Waals surface area contributed by atoms with Crippen LogP contribution in [0.15, 0.2) is 48.1 Å². The molecule has 0 fully saturated rings. The molecule has 80 valence electrons. The first-order chi connectivity index (χ1) is 7.86. The van der Waals surface area contributed by atoms with Crippen LogP contribution < -0.4 is 11.2 Å². The summed E-state index contributed by atoms with van der Waals surface area (Å²) in [5, 5.41) is 3.94. The summed E-state index contributed by atoms with van der Waals surface area (Å²) in [6.45, 7) is 0. The number of anilines is 1. The maximum absolute atomic E-state index is 5.70. The van der Waals surface area contributed by atoms with Crippen molar-refractivity contribution in [1.82, 2.24) is 15.0 Å². The molecule has 16 heavy (non-hydrogen) atoms. The van der Waals surface area contributed by atoms with Gasteiger partial charge in [0.1, 0.15) is 11.5 Å². The Labute approximate surface area is 92.3 Å². The quantitative estimate of drug-likeness (QED) is 0.443. The van der Waals surface area contributed by atoms with Gasteiger partial charge in [-0.05, 0) is 12.1 Å². The average molecular weight is 214 g/mol. The molecule has 2 aromatic rings. The molecular weight excluding hydrogens is 204 g/mol. The fourth-order valence-corrected chi connectivity index (χ4v) is 1.04. The second kappa shape index (κ2) is 4.83. The van der Waals surface area contributed by atoms with E-state index in [1.54, 1.807) is 30.9 Å². The van der Waals surface area contributed by atoms with E-state index in [1.807, 2.05) is 12.1 Å². The highest BCUT2D eigenvalue weighted by Gasteiger charge is 1.98. The molecule has 0 aliphatic heterocycles. The van der Waals surface area contributed by atoms with Crippen molar-refractivity contribution in [3.8, 4) is 0 Å². The Hall–Kier alpha value is -2.50. The number of nitrogens with one attached hydrogen (secondary N) is 1. The van der Waals surface area contributed by atoms with Crippen molar-refractivity contribution in [3.63, 3.8) is 0 Å². The van der Waals surface area contributed by atoms with Crippen LogP contribution in [0.4, 0.5) is 5.82 Å². The Bertz CT molecular complexity index is 467. The molecule has 3 N–H and O–H groups in total. The summed E-state index contributed by atoms with van der Waals surface area (Å²) in [7, 11) is 0. The van der Waals surface area contributed by atoms with E-state index in [0.29, 0.717) is 11.5 Å². The van der Waals surface area contributed by atoms with Crippen molar-refractivity contribution in [1.29, 1.82) is 0 Å². The number of nitrogens with zero attached hydrogens (tertiary/aromatic N) is 4. The van der Waals surface area contributed by atoms with Crippen molar-refractivity contribution in [2.45, 2.75) is 0 Å². The van der Waals surface area contributed by atoms with Gasteiger partial charge in [0.2, 0.25) is 0 Å². The van der Waals surface area contributed by atoms with Crippen LogP contribution in [0.3, 0.4) is 0 Å². The van der Waals surface area contributed by atoms with Crippen molar-refractivity contribution in [2.75, 3.05) is 5.43 Å². The van der Waals surface area contributed by atoms with Gasteiger partial charge in [0, 0.05) is 18.6 Å². The van der Waals surface area contributed by atoms with Gasteiger partial charge in [-0.1, -0.05) is 6.07 Å². The first-order valence-electron chi connectivity index (χ1n) is 4.63. The summed E-state index contributed by atoms with van der Waals surface area (Å²) in [5.74, 6) is 0.882. The molecule has 0 radical (unpaired) electrons. The molecule has 0 bridgehead atoms. The lowest BCUT2D eigenvalue weighted by Crippen LogP contribution is -2.17. The highest BCUT2D eigenvalue weighted by atomic mass is 15.3. The molecule has 0 saturated carbocycles. The van der Waals surface area contributed by atoms with Crippen LogP contribution in [0, 0.1) is 0 Å². The van der Waals surface area contributed by atoms with Crippen LogP contribution in [-0.2, 0) is 0 Å². The first kappa shape index (κ1) is 10.0. The van der Waals surface area contributed by atoms with Gasteiger partial charge >= 0.3 is 0 Å². The molecule has 0 aromatic carbocycles. The minimum atomic E-state index is 0.263. The normalized spacial score (nSPS) is 11.1. The standard InChI is InChI=1S/C10H10N6/c11-10(8-7-12-5-6-13-8)16-15-9-3-1-2-4-14-9/h1-7H,(H2,11,16)(H,14,15). The van der Waals surface area contributed by atoms with Gasteiger partial charge in [-0.2, -0.15) is 5.10 Å². The molecule has 0 atom stereocenters. The van der Waals surface area contributed by atoms with Crippen LogP contribution in [0.5, 0.6) is 0 Å². The number of rotatable bonds is 3. The largest absolute Gasteiger partial charge is 0.380 e. The molecule has 0 saturated heterocycles. The lowest BCUT2D eigenvalue weighted by molar-refractivity contribution is 1.15. The Morgan fingerprint density at radius 3 is 2.81 bits per heavy atom. The fourth-order valence-electron chi connectivity index (χ4n) is 1.04. The number of hydrogen-bond acceptors (Lipinski definition) is 5. The molecule has 0 amide bonds. The minimum Gasteiger partial charge on any atom is -0.380 e. The molecule has 2 rings (SSSR count). The summed E-state index contributed by atoms with van der Waals surface area (Å²) in [5.41, 5.74) is 8.95. The van der Waals surface area contributed by atoms with E-state index in [2.05, 4.69) is 25.5 Å². The summed E-state index contributed by atoms with van der Waals surface area (Å²) >= 11 is 0. The van der Waals surface area contributed by atoms with Crippen molar-refractivity contribution in [2.24, 2.45) is 10.8 Å². The third kappa shape index (κ3) is 2.50. The lowest BCUT2D eigenvalue weighted by atomic mass is 10.4. The Morgan fingerprint density at radius 2 is 2.12 bits per heavy atom. The summed E-state index contributed by atoms with van der Waals surface area (Å²) in [6.07, 6.45) is 6.33. The molecule has 0 aliphatic rings. The van der Waals surface area contributed by atoms with Gasteiger partial charge in [-0.25, -0.2) is 9.97 Å². The van der Waals surface area contributed by atoms with Crippen LogP contribution in [0.1, 0.15) is 5.69 Å². The van der Waals surface area contributed by atoms with Crippen molar-refractivity contribution in [3.05, 3.63) is 48.7 Å². The van der Waals surface area contributed by atoms with Crippen LogP contribution in [0.25, 0.3) is 0 Å². The van der Waals surface area contributed by atoms with E-state index in [-0.39, 0.29) is 5.84 Å². The van der Waals surface area contributed by atoms with Crippen molar-refractivity contribution < 1.29 is 0 Å². The fraction of sp³-hybridized carbons (Fsp3) is 0. The van der Waals surface area contributed by atoms with Crippen LogP contribution in [-0.4, -0.2) is 20.8 Å². The summed E-state index contributed by atoms with van der Waals surface area (Å²) in [6, 6.07) is 5.46. The van der Waals surface area contributed by atoms with Gasteiger partial charge in [-0.15, -0.1) is 0 Å². The number of aromatic nitrogens is 3. The minimum absolute atomic E-state index is 0.263. The topological polar surface area (TPSA) is 89.1 Å². The maximum atomic E-state index is 5.70. The predicted molar refractivity (Wildman–Crippen MR) is 60.6 cm³/mol. The van der Waals surface area contributed by atoms with Crippen LogP contribution in [0.2, 0.25) is 0 Å². The monoisotopic (exact) mass is 214 g/mol. The van der Waals surface area contributed by atoms with Gasteiger partial charge in [-0.3, -0.25) is 10.4 Å². The first-order valence-corrected chi connectivity index (χ1v) is 4.63. The second-order valence-electron chi connectivity index (χ2n) is 2.91. The Kier molecular flexibility index (Phi) is 3.03. The van der Waals surface area contributed by atoms with Gasteiger partial charge < -0.3 is 5.73 Å². The smallest absolute Gasteiger partial charge is 0.171 e. The molecule has 6 nitrogen and oxygen atoms in total. The Morgan fingerprint density at radius 1 is 1.19 bits per heavy atom. The van der Waals surface area contributed by atoms with E-state index < -0.39 is 0 Å². The zero-order valence-corrected chi connectivity index (χ0v) is 8.41. The zero-order valence-electron chi connectivity index (χ0n) is 8.41. The third-order valence-electron chi connectivity index (χ3n) is 1.78.